The van der Waals surface area contributed by atoms with E-state index >= 15 is 0 Å². The summed E-state index contributed by atoms with van der Waals surface area (Å²) in [6, 6.07) is 12.2. The highest BCUT2D eigenvalue weighted by molar-refractivity contribution is 5.81. The summed E-state index contributed by atoms with van der Waals surface area (Å²) in [7, 11) is 0. The molecule has 0 aliphatic heterocycles. The van der Waals surface area contributed by atoms with Crippen molar-refractivity contribution in [1.29, 1.82) is 0 Å². The van der Waals surface area contributed by atoms with Crippen molar-refractivity contribution in [3.05, 3.63) is 64.5 Å². The van der Waals surface area contributed by atoms with Crippen LogP contribution in [-0.4, -0.2) is 5.11 Å². The summed E-state index contributed by atoms with van der Waals surface area (Å²) in [6.07, 6.45) is 1.47. The fourth-order valence-corrected chi connectivity index (χ4v) is 2.10. The van der Waals surface area contributed by atoms with Crippen LogP contribution < -0.4 is 5.43 Å². The van der Waals surface area contributed by atoms with Gasteiger partial charge in [-0.1, -0.05) is 18.2 Å². The summed E-state index contributed by atoms with van der Waals surface area (Å²) in [5.74, 6) is 0.217. The fourth-order valence-electron chi connectivity index (χ4n) is 2.10. The van der Waals surface area contributed by atoms with Crippen molar-refractivity contribution >= 4 is 11.0 Å². The molecular formula is C16H12O3. The number of fused-ring (bicyclic) bond motifs is 1. The zero-order valence-corrected chi connectivity index (χ0v) is 10.4. The second kappa shape index (κ2) is 4.28. The standard InChI is InChI=1S/C16H12O3/c1-10-8-11(6-7-14(10)17)13-9-19-15-5-3-2-4-12(15)16(13)18/h2-9,17H,1H3. The third kappa shape index (κ3) is 1.89. The number of rotatable bonds is 1. The van der Waals surface area contributed by atoms with E-state index in [1.54, 1.807) is 37.3 Å². The molecule has 3 heteroatoms. The van der Waals surface area contributed by atoms with Crippen molar-refractivity contribution in [1.82, 2.24) is 0 Å². The molecule has 3 nitrogen and oxygen atoms in total. The molecule has 1 aromatic heterocycles. The molecule has 0 saturated carbocycles. The Kier molecular flexibility index (Phi) is 2.60. The normalized spacial score (nSPS) is 10.8. The zero-order valence-electron chi connectivity index (χ0n) is 10.4. The minimum absolute atomic E-state index is 0.0630. The third-order valence-electron chi connectivity index (χ3n) is 3.19. The zero-order chi connectivity index (χ0) is 13.4. The predicted molar refractivity (Wildman–Crippen MR) is 74.3 cm³/mol. The number of phenolic OH excluding ortho intramolecular Hbond substituents is 1. The minimum Gasteiger partial charge on any atom is -0.508 e. The Morgan fingerprint density at radius 1 is 1.11 bits per heavy atom. The Morgan fingerprint density at radius 3 is 2.68 bits per heavy atom. The lowest BCUT2D eigenvalue weighted by molar-refractivity contribution is 0.471. The molecule has 19 heavy (non-hydrogen) atoms. The van der Waals surface area contributed by atoms with Gasteiger partial charge in [-0.05, 0) is 42.3 Å². The summed E-state index contributed by atoms with van der Waals surface area (Å²) in [5, 5.41) is 10.1. The molecular weight excluding hydrogens is 240 g/mol. The molecule has 0 amide bonds. The van der Waals surface area contributed by atoms with Gasteiger partial charge in [-0.25, -0.2) is 0 Å². The second-order valence-corrected chi connectivity index (χ2v) is 4.48. The molecule has 0 aliphatic carbocycles. The minimum atomic E-state index is -0.0630. The molecule has 0 unspecified atom stereocenters. The maximum atomic E-state index is 12.4. The van der Waals surface area contributed by atoms with Gasteiger partial charge in [0.2, 0.25) is 0 Å². The molecule has 0 saturated heterocycles. The average molecular weight is 252 g/mol. The van der Waals surface area contributed by atoms with Gasteiger partial charge in [-0.15, -0.1) is 0 Å². The SMILES string of the molecule is Cc1cc(-c2coc3ccccc3c2=O)ccc1O. The molecule has 94 valence electrons. The van der Waals surface area contributed by atoms with E-state index in [0.29, 0.717) is 16.5 Å². The van der Waals surface area contributed by atoms with Crippen LogP contribution in [0.15, 0.2) is 57.9 Å². The van der Waals surface area contributed by atoms with Gasteiger partial charge in [0.25, 0.3) is 0 Å². The van der Waals surface area contributed by atoms with Crippen molar-refractivity contribution in [2.75, 3.05) is 0 Å². The number of phenols is 1. The van der Waals surface area contributed by atoms with Crippen LogP contribution in [0, 0.1) is 6.92 Å². The Labute approximate surface area is 109 Å². The largest absolute Gasteiger partial charge is 0.508 e. The van der Waals surface area contributed by atoms with Gasteiger partial charge < -0.3 is 9.52 Å². The van der Waals surface area contributed by atoms with Gasteiger partial charge in [0.1, 0.15) is 17.6 Å². The Morgan fingerprint density at radius 2 is 1.89 bits per heavy atom. The number of aryl methyl sites for hydroxylation is 1. The van der Waals surface area contributed by atoms with E-state index < -0.39 is 0 Å². The lowest BCUT2D eigenvalue weighted by atomic mass is 10.0. The second-order valence-electron chi connectivity index (χ2n) is 4.48. The molecule has 1 N–H and O–H groups in total. The van der Waals surface area contributed by atoms with Crippen LogP contribution in [0.1, 0.15) is 5.56 Å². The molecule has 3 aromatic rings. The fraction of sp³-hybridized carbons (Fsp3) is 0.0625. The highest BCUT2D eigenvalue weighted by Gasteiger charge is 2.09. The summed E-state index contributed by atoms with van der Waals surface area (Å²) in [4.78, 5) is 12.4. The van der Waals surface area contributed by atoms with Crippen molar-refractivity contribution in [3.63, 3.8) is 0 Å². The van der Waals surface area contributed by atoms with Crippen LogP contribution in [0.25, 0.3) is 22.1 Å². The third-order valence-corrected chi connectivity index (χ3v) is 3.19. The quantitative estimate of drug-likeness (QED) is 0.721. The van der Waals surface area contributed by atoms with Crippen molar-refractivity contribution in [3.8, 4) is 16.9 Å². The molecule has 0 atom stereocenters. The van der Waals surface area contributed by atoms with E-state index in [1.165, 1.54) is 6.26 Å². The van der Waals surface area contributed by atoms with Gasteiger partial charge >= 0.3 is 0 Å². The van der Waals surface area contributed by atoms with E-state index in [2.05, 4.69) is 0 Å². The van der Waals surface area contributed by atoms with E-state index in [1.807, 2.05) is 12.1 Å². The summed E-state index contributed by atoms with van der Waals surface area (Å²) < 4.78 is 5.49. The molecule has 0 bridgehead atoms. The van der Waals surface area contributed by atoms with Gasteiger partial charge in [-0.3, -0.25) is 4.79 Å². The van der Waals surface area contributed by atoms with E-state index in [-0.39, 0.29) is 11.2 Å². The maximum absolute atomic E-state index is 12.4. The summed E-state index contributed by atoms with van der Waals surface area (Å²) in [6.45, 7) is 1.79. The topological polar surface area (TPSA) is 50.4 Å². The lowest BCUT2D eigenvalue weighted by Crippen LogP contribution is -2.04. The highest BCUT2D eigenvalue weighted by Crippen LogP contribution is 2.24. The summed E-state index contributed by atoms with van der Waals surface area (Å²) >= 11 is 0. The van der Waals surface area contributed by atoms with E-state index in [9.17, 15) is 9.90 Å². The van der Waals surface area contributed by atoms with Crippen LogP contribution in [0.2, 0.25) is 0 Å². The van der Waals surface area contributed by atoms with E-state index in [0.717, 1.165) is 11.1 Å². The Bertz CT molecular complexity index is 816. The monoisotopic (exact) mass is 252 g/mol. The Hall–Kier alpha value is -2.55. The van der Waals surface area contributed by atoms with E-state index in [4.69, 9.17) is 4.42 Å². The first-order chi connectivity index (χ1) is 9.16. The van der Waals surface area contributed by atoms with Crippen molar-refractivity contribution in [2.45, 2.75) is 6.92 Å². The van der Waals surface area contributed by atoms with Crippen LogP contribution in [0.4, 0.5) is 0 Å². The first-order valence-corrected chi connectivity index (χ1v) is 5.97. The first kappa shape index (κ1) is 11.5. The number of aromatic hydroxyl groups is 1. The highest BCUT2D eigenvalue weighted by atomic mass is 16.3. The molecule has 0 fully saturated rings. The smallest absolute Gasteiger partial charge is 0.200 e. The summed E-state index contributed by atoms with van der Waals surface area (Å²) in [5.41, 5.74) is 2.49. The number of hydrogen-bond acceptors (Lipinski definition) is 3. The average Bonchev–Trinajstić information content (AvgIpc) is 2.43. The van der Waals surface area contributed by atoms with Gasteiger partial charge in [-0.2, -0.15) is 0 Å². The Balaban J connectivity index is 2.28. The molecule has 0 spiro atoms. The lowest BCUT2D eigenvalue weighted by Gasteiger charge is -2.05. The van der Waals surface area contributed by atoms with Gasteiger partial charge in [0, 0.05) is 0 Å². The number of para-hydroxylation sites is 1. The molecule has 0 aliphatic rings. The maximum Gasteiger partial charge on any atom is 0.200 e. The van der Waals surface area contributed by atoms with Crippen molar-refractivity contribution < 1.29 is 9.52 Å². The predicted octanol–water partition coefficient (Wildman–Crippen LogP) is 3.47. The van der Waals surface area contributed by atoms with Crippen LogP contribution in [0.3, 0.4) is 0 Å². The van der Waals surface area contributed by atoms with Crippen LogP contribution >= 0.6 is 0 Å². The number of benzene rings is 2. The van der Waals surface area contributed by atoms with Gasteiger partial charge in [0.05, 0.1) is 10.9 Å². The molecule has 3 rings (SSSR count). The first-order valence-electron chi connectivity index (χ1n) is 5.97. The van der Waals surface area contributed by atoms with Crippen LogP contribution in [-0.2, 0) is 0 Å². The van der Waals surface area contributed by atoms with Crippen LogP contribution in [0.5, 0.6) is 5.75 Å². The molecule has 1 heterocycles. The molecule has 2 aromatic carbocycles. The van der Waals surface area contributed by atoms with Gasteiger partial charge in [0.15, 0.2) is 5.43 Å². The number of hydrogen-bond donors (Lipinski definition) is 1. The molecule has 0 radical (unpaired) electrons. The van der Waals surface area contributed by atoms with Crippen molar-refractivity contribution in [2.24, 2.45) is 0 Å².